The van der Waals surface area contributed by atoms with Crippen molar-refractivity contribution in [3.8, 4) is 0 Å². The van der Waals surface area contributed by atoms with Crippen LogP contribution in [-0.4, -0.2) is 51.3 Å². The first-order chi connectivity index (χ1) is 7.58. The second-order valence-corrected chi connectivity index (χ2v) is 3.58. The van der Waals surface area contributed by atoms with Gasteiger partial charge in [0.05, 0.1) is 6.10 Å². The molecule has 1 saturated heterocycles. The van der Waals surface area contributed by atoms with E-state index in [0.717, 1.165) is 6.07 Å². The van der Waals surface area contributed by atoms with Gasteiger partial charge in [0.2, 0.25) is 5.76 Å². The number of rotatable bonds is 2. The van der Waals surface area contributed by atoms with Crippen molar-refractivity contribution in [2.24, 2.45) is 0 Å². The van der Waals surface area contributed by atoms with Crippen LogP contribution in [-0.2, 0) is 0 Å². The number of aliphatic hydroxyl groups is 1. The van der Waals surface area contributed by atoms with E-state index in [0.29, 0.717) is 13.0 Å². The zero-order valence-electron chi connectivity index (χ0n) is 8.29. The fraction of sp³-hybridized carbons (Fsp3) is 0.444. The minimum atomic E-state index is -1.27. The summed E-state index contributed by atoms with van der Waals surface area (Å²) in [5.74, 6) is -2.07. The maximum absolute atomic E-state index is 11.7. The Morgan fingerprint density at radius 1 is 1.56 bits per heavy atom. The minimum absolute atomic E-state index is 0.0495. The molecule has 0 spiro atoms. The van der Waals surface area contributed by atoms with Crippen LogP contribution in [0.25, 0.3) is 0 Å². The third kappa shape index (κ3) is 1.89. The van der Waals surface area contributed by atoms with Crippen LogP contribution < -0.4 is 0 Å². The fourth-order valence-corrected chi connectivity index (χ4v) is 1.57. The highest BCUT2D eigenvalue weighted by Crippen LogP contribution is 2.13. The Hall–Kier alpha value is -1.89. The van der Waals surface area contributed by atoms with Gasteiger partial charge in [0.1, 0.15) is 0 Å². The predicted molar refractivity (Wildman–Crippen MR) is 50.0 cm³/mol. The maximum atomic E-state index is 11.7. The number of aliphatic hydroxyl groups excluding tert-OH is 1. The lowest BCUT2D eigenvalue weighted by Gasteiger charge is -2.12. The number of carbonyl (C=O) groups is 2. The Bertz CT molecular complexity index is 427. The smallest absolute Gasteiger partial charge is 0.374 e. The van der Waals surface area contributed by atoms with Crippen molar-refractivity contribution in [1.82, 2.24) is 10.1 Å². The Balaban J connectivity index is 2.11. The van der Waals surface area contributed by atoms with E-state index in [-0.39, 0.29) is 18.0 Å². The molecule has 16 heavy (non-hydrogen) atoms. The summed E-state index contributed by atoms with van der Waals surface area (Å²) >= 11 is 0. The molecule has 0 aromatic carbocycles. The van der Waals surface area contributed by atoms with Gasteiger partial charge in [0.15, 0.2) is 5.69 Å². The summed E-state index contributed by atoms with van der Waals surface area (Å²) in [6.07, 6.45) is 0.00449. The molecule has 1 atom stereocenters. The van der Waals surface area contributed by atoms with Gasteiger partial charge < -0.3 is 19.6 Å². The summed E-state index contributed by atoms with van der Waals surface area (Å²) in [6, 6.07) is 1.08. The zero-order chi connectivity index (χ0) is 11.7. The van der Waals surface area contributed by atoms with E-state index >= 15 is 0 Å². The first-order valence-electron chi connectivity index (χ1n) is 4.75. The molecule has 1 aliphatic rings. The van der Waals surface area contributed by atoms with E-state index in [1.807, 2.05) is 0 Å². The van der Waals surface area contributed by atoms with Crippen molar-refractivity contribution in [2.75, 3.05) is 13.1 Å². The first kappa shape index (κ1) is 10.6. The lowest BCUT2D eigenvalue weighted by Crippen LogP contribution is -2.29. The van der Waals surface area contributed by atoms with E-state index in [2.05, 4.69) is 9.68 Å². The van der Waals surface area contributed by atoms with E-state index in [4.69, 9.17) is 5.11 Å². The average molecular weight is 226 g/mol. The molecule has 1 amide bonds. The van der Waals surface area contributed by atoms with Crippen LogP contribution in [0.15, 0.2) is 10.6 Å². The third-order valence-corrected chi connectivity index (χ3v) is 2.39. The van der Waals surface area contributed by atoms with E-state index in [1.165, 1.54) is 4.90 Å². The van der Waals surface area contributed by atoms with Gasteiger partial charge in [0.25, 0.3) is 5.91 Å². The summed E-state index contributed by atoms with van der Waals surface area (Å²) in [7, 11) is 0. The molecule has 0 saturated carbocycles. The van der Waals surface area contributed by atoms with Crippen molar-refractivity contribution in [3.05, 3.63) is 17.5 Å². The summed E-state index contributed by atoms with van der Waals surface area (Å²) in [6.45, 7) is 0.684. The largest absolute Gasteiger partial charge is 0.475 e. The second kappa shape index (κ2) is 3.93. The Morgan fingerprint density at radius 3 is 2.81 bits per heavy atom. The number of β-amino-alcohol motifs (C(OH)–C–C–N with tert-alkyl or cyclic N) is 1. The third-order valence-electron chi connectivity index (χ3n) is 2.39. The van der Waals surface area contributed by atoms with Gasteiger partial charge in [-0.3, -0.25) is 4.79 Å². The zero-order valence-corrected chi connectivity index (χ0v) is 8.29. The van der Waals surface area contributed by atoms with Gasteiger partial charge in [-0.05, 0) is 6.42 Å². The van der Waals surface area contributed by atoms with Crippen LogP contribution in [0.4, 0.5) is 0 Å². The molecule has 1 aromatic heterocycles. The number of carbonyl (C=O) groups excluding carboxylic acids is 1. The summed E-state index contributed by atoms with van der Waals surface area (Å²) in [5, 5.41) is 21.2. The standard InChI is InChI=1S/C9H10N2O5/c12-5-1-2-11(4-5)8(13)6-3-7(9(14)15)16-10-6/h3,5,12H,1-2,4H2,(H,14,15). The van der Waals surface area contributed by atoms with Crippen molar-refractivity contribution < 1.29 is 24.3 Å². The van der Waals surface area contributed by atoms with Gasteiger partial charge in [-0.2, -0.15) is 0 Å². The van der Waals surface area contributed by atoms with Crippen LogP contribution in [0.5, 0.6) is 0 Å². The Labute approximate surface area is 90.3 Å². The van der Waals surface area contributed by atoms with E-state index < -0.39 is 18.0 Å². The van der Waals surface area contributed by atoms with Crippen LogP contribution in [0.3, 0.4) is 0 Å². The molecule has 2 N–H and O–H groups in total. The number of hydrogen-bond acceptors (Lipinski definition) is 5. The van der Waals surface area contributed by atoms with E-state index in [1.54, 1.807) is 0 Å². The SMILES string of the molecule is O=C(O)c1cc(C(=O)N2CCC(O)C2)no1. The highest BCUT2D eigenvalue weighted by atomic mass is 16.5. The molecule has 7 nitrogen and oxygen atoms in total. The molecule has 1 aromatic rings. The molecule has 0 bridgehead atoms. The molecule has 0 radical (unpaired) electrons. The van der Waals surface area contributed by atoms with Crippen molar-refractivity contribution in [3.63, 3.8) is 0 Å². The molecule has 0 aliphatic carbocycles. The molecule has 2 heterocycles. The summed E-state index contributed by atoms with van der Waals surface area (Å²) < 4.78 is 4.47. The minimum Gasteiger partial charge on any atom is -0.475 e. The second-order valence-electron chi connectivity index (χ2n) is 3.58. The first-order valence-corrected chi connectivity index (χ1v) is 4.75. The molecule has 1 unspecified atom stereocenters. The lowest BCUT2D eigenvalue weighted by molar-refractivity contribution is 0.0649. The van der Waals surface area contributed by atoms with Crippen LogP contribution in [0.1, 0.15) is 27.5 Å². The average Bonchev–Trinajstić information content (AvgIpc) is 2.84. The Kier molecular flexibility index (Phi) is 2.61. The molecule has 1 fully saturated rings. The van der Waals surface area contributed by atoms with Crippen LogP contribution >= 0.6 is 0 Å². The highest BCUT2D eigenvalue weighted by Gasteiger charge is 2.28. The van der Waals surface area contributed by atoms with Gasteiger partial charge >= 0.3 is 5.97 Å². The van der Waals surface area contributed by atoms with E-state index in [9.17, 15) is 14.7 Å². The fourth-order valence-electron chi connectivity index (χ4n) is 1.57. The number of carboxylic acids is 1. The van der Waals surface area contributed by atoms with Crippen molar-refractivity contribution in [2.45, 2.75) is 12.5 Å². The molecular weight excluding hydrogens is 216 g/mol. The number of carboxylic acid groups (broad SMARTS) is 1. The highest BCUT2D eigenvalue weighted by molar-refractivity contribution is 5.95. The molecule has 1 aliphatic heterocycles. The summed E-state index contributed by atoms with van der Waals surface area (Å²) in [5.41, 5.74) is -0.0495. The number of aromatic nitrogens is 1. The lowest BCUT2D eigenvalue weighted by atomic mass is 10.3. The van der Waals surface area contributed by atoms with Gasteiger partial charge in [-0.15, -0.1) is 0 Å². The monoisotopic (exact) mass is 226 g/mol. The van der Waals surface area contributed by atoms with Crippen LogP contribution in [0.2, 0.25) is 0 Å². The summed E-state index contributed by atoms with van der Waals surface area (Å²) in [4.78, 5) is 23.7. The van der Waals surface area contributed by atoms with Crippen LogP contribution in [0, 0.1) is 0 Å². The topological polar surface area (TPSA) is 104 Å². The van der Waals surface area contributed by atoms with Gasteiger partial charge in [-0.1, -0.05) is 5.16 Å². The molecular formula is C9H10N2O5. The number of hydrogen-bond donors (Lipinski definition) is 2. The normalized spacial score (nSPS) is 20.1. The molecule has 7 heteroatoms. The number of aromatic carboxylic acids is 1. The quantitative estimate of drug-likeness (QED) is 0.709. The van der Waals surface area contributed by atoms with Gasteiger partial charge in [-0.25, -0.2) is 4.79 Å². The number of amides is 1. The number of nitrogens with zero attached hydrogens (tertiary/aromatic N) is 2. The van der Waals surface area contributed by atoms with Crippen molar-refractivity contribution >= 4 is 11.9 Å². The maximum Gasteiger partial charge on any atom is 0.374 e. The van der Waals surface area contributed by atoms with Gasteiger partial charge in [0, 0.05) is 19.2 Å². The predicted octanol–water partition coefficient (Wildman–Crippen LogP) is -0.420. The molecule has 86 valence electrons. The number of likely N-dealkylation sites (tertiary alicyclic amines) is 1. The van der Waals surface area contributed by atoms with Crippen molar-refractivity contribution in [1.29, 1.82) is 0 Å². The molecule has 2 rings (SSSR count). The Morgan fingerprint density at radius 2 is 2.31 bits per heavy atom.